The molecule has 0 saturated heterocycles. The van der Waals surface area contributed by atoms with Crippen LogP contribution in [0.3, 0.4) is 0 Å². The van der Waals surface area contributed by atoms with Crippen LogP contribution in [-0.4, -0.2) is 39.8 Å². The Balaban J connectivity index is 2.26. The van der Waals surface area contributed by atoms with Gasteiger partial charge in [-0.3, -0.25) is 0 Å². The SMILES string of the molecule is CCN(CCO)c1ncnc(Nc2nccs2)c1N. The van der Waals surface area contributed by atoms with Crippen molar-refractivity contribution in [3.8, 4) is 0 Å². The van der Waals surface area contributed by atoms with Crippen LogP contribution in [0.25, 0.3) is 0 Å². The number of rotatable bonds is 6. The zero-order valence-electron chi connectivity index (χ0n) is 10.6. The number of nitrogen functional groups attached to an aromatic ring is 1. The van der Waals surface area contributed by atoms with Crippen LogP contribution < -0.4 is 16.0 Å². The van der Waals surface area contributed by atoms with E-state index in [2.05, 4.69) is 20.3 Å². The van der Waals surface area contributed by atoms with Gasteiger partial charge in [0.25, 0.3) is 0 Å². The molecule has 0 unspecified atom stereocenters. The normalized spacial score (nSPS) is 10.4. The molecule has 0 fully saturated rings. The highest BCUT2D eigenvalue weighted by Gasteiger charge is 2.14. The summed E-state index contributed by atoms with van der Waals surface area (Å²) in [5.74, 6) is 1.14. The van der Waals surface area contributed by atoms with E-state index in [0.29, 0.717) is 30.4 Å². The number of nitrogens with one attached hydrogen (secondary N) is 1. The predicted molar refractivity (Wildman–Crippen MR) is 76.8 cm³/mol. The molecule has 0 aliphatic rings. The van der Waals surface area contributed by atoms with Crippen LogP contribution in [-0.2, 0) is 0 Å². The van der Waals surface area contributed by atoms with Crippen LogP contribution in [0.2, 0.25) is 0 Å². The molecule has 0 aliphatic heterocycles. The molecular weight excluding hydrogens is 264 g/mol. The van der Waals surface area contributed by atoms with Crippen LogP contribution in [0, 0.1) is 0 Å². The molecule has 19 heavy (non-hydrogen) atoms. The third-order valence-corrected chi connectivity index (χ3v) is 3.26. The van der Waals surface area contributed by atoms with E-state index in [1.54, 1.807) is 6.20 Å². The van der Waals surface area contributed by atoms with E-state index in [0.717, 1.165) is 5.13 Å². The van der Waals surface area contributed by atoms with Crippen LogP contribution >= 0.6 is 11.3 Å². The number of nitrogens with two attached hydrogens (primary N) is 1. The Labute approximate surface area is 115 Å². The van der Waals surface area contributed by atoms with Gasteiger partial charge >= 0.3 is 0 Å². The van der Waals surface area contributed by atoms with Crippen molar-refractivity contribution in [2.24, 2.45) is 0 Å². The highest BCUT2D eigenvalue weighted by atomic mass is 32.1. The third-order valence-electron chi connectivity index (χ3n) is 2.57. The monoisotopic (exact) mass is 280 g/mol. The smallest absolute Gasteiger partial charge is 0.188 e. The van der Waals surface area contributed by atoms with Crippen molar-refractivity contribution in [3.05, 3.63) is 17.9 Å². The molecule has 0 amide bonds. The average Bonchev–Trinajstić information content (AvgIpc) is 2.92. The van der Waals surface area contributed by atoms with Crippen LogP contribution in [0.15, 0.2) is 17.9 Å². The molecule has 0 aliphatic carbocycles. The number of hydrogen-bond donors (Lipinski definition) is 3. The molecule has 2 aromatic heterocycles. The molecule has 7 nitrogen and oxygen atoms in total. The van der Waals surface area contributed by atoms with Crippen molar-refractivity contribution < 1.29 is 5.11 Å². The summed E-state index contributed by atoms with van der Waals surface area (Å²) in [5, 5.41) is 14.7. The molecule has 0 bridgehead atoms. The molecule has 2 heterocycles. The van der Waals surface area contributed by atoms with E-state index in [1.165, 1.54) is 17.7 Å². The number of anilines is 4. The van der Waals surface area contributed by atoms with E-state index < -0.39 is 0 Å². The zero-order valence-corrected chi connectivity index (χ0v) is 11.4. The predicted octanol–water partition coefficient (Wildman–Crippen LogP) is 1.08. The number of aliphatic hydroxyl groups excluding tert-OH is 1. The van der Waals surface area contributed by atoms with Crippen molar-refractivity contribution in [2.45, 2.75) is 6.92 Å². The molecule has 0 saturated carbocycles. The maximum atomic E-state index is 9.05. The molecular formula is C11H16N6OS. The van der Waals surface area contributed by atoms with Gasteiger partial charge in [0.15, 0.2) is 16.8 Å². The van der Waals surface area contributed by atoms with E-state index in [4.69, 9.17) is 10.8 Å². The van der Waals surface area contributed by atoms with Gasteiger partial charge in [-0.2, -0.15) is 0 Å². The van der Waals surface area contributed by atoms with Crippen molar-refractivity contribution >= 4 is 33.8 Å². The minimum Gasteiger partial charge on any atom is -0.395 e. The first-order valence-corrected chi connectivity index (χ1v) is 6.77. The van der Waals surface area contributed by atoms with Gasteiger partial charge in [-0.05, 0) is 6.92 Å². The van der Waals surface area contributed by atoms with Gasteiger partial charge in [-0.1, -0.05) is 0 Å². The Morgan fingerprint density at radius 2 is 2.26 bits per heavy atom. The summed E-state index contributed by atoms with van der Waals surface area (Å²) in [7, 11) is 0. The van der Waals surface area contributed by atoms with Crippen molar-refractivity contribution in [1.29, 1.82) is 0 Å². The molecule has 102 valence electrons. The standard InChI is InChI=1S/C11H16N6OS/c1-2-17(4-5-18)10-8(12)9(14-7-15-10)16-11-13-3-6-19-11/h3,6-7,18H,2,4-5,12H2,1H3,(H,13,14,15,16). The number of aliphatic hydroxyl groups is 1. The highest BCUT2D eigenvalue weighted by Crippen LogP contribution is 2.28. The van der Waals surface area contributed by atoms with Gasteiger partial charge in [-0.15, -0.1) is 11.3 Å². The lowest BCUT2D eigenvalue weighted by Crippen LogP contribution is -2.28. The Bertz CT molecular complexity index is 518. The summed E-state index contributed by atoms with van der Waals surface area (Å²) < 4.78 is 0. The third kappa shape index (κ3) is 3.09. The molecule has 2 aromatic rings. The van der Waals surface area contributed by atoms with Gasteiger partial charge in [0.05, 0.1) is 6.61 Å². The Kier molecular flexibility index (Phi) is 4.48. The summed E-state index contributed by atoms with van der Waals surface area (Å²) >= 11 is 1.46. The van der Waals surface area contributed by atoms with Gasteiger partial charge in [0.1, 0.15) is 12.0 Å². The molecule has 0 radical (unpaired) electrons. The van der Waals surface area contributed by atoms with Gasteiger partial charge in [-0.25, -0.2) is 15.0 Å². The van der Waals surface area contributed by atoms with E-state index >= 15 is 0 Å². The quantitative estimate of drug-likeness (QED) is 0.728. The molecule has 0 aromatic carbocycles. The first-order chi connectivity index (χ1) is 9.26. The first kappa shape index (κ1) is 13.5. The number of thiazole rings is 1. The molecule has 2 rings (SSSR count). The van der Waals surface area contributed by atoms with Gasteiger partial charge in [0.2, 0.25) is 0 Å². The lowest BCUT2D eigenvalue weighted by Gasteiger charge is -2.22. The molecule has 0 atom stereocenters. The summed E-state index contributed by atoms with van der Waals surface area (Å²) in [6.45, 7) is 3.21. The largest absolute Gasteiger partial charge is 0.395 e. The summed E-state index contributed by atoms with van der Waals surface area (Å²) in [6, 6.07) is 0. The van der Waals surface area contributed by atoms with Crippen LogP contribution in [0.1, 0.15) is 6.92 Å². The van der Waals surface area contributed by atoms with E-state index in [9.17, 15) is 0 Å². The lowest BCUT2D eigenvalue weighted by atomic mass is 10.3. The van der Waals surface area contributed by atoms with Crippen molar-refractivity contribution in [2.75, 3.05) is 35.6 Å². The van der Waals surface area contributed by atoms with Crippen LogP contribution in [0.5, 0.6) is 0 Å². The maximum absolute atomic E-state index is 9.05. The second-order valence-corrected chi connectivity index (χ2v) is 4.62. The Morgan fingerprint density at radius 3 is 2.89 bits per heavy atom. The fraction of sp³-hybridized carbons (Fsp3) is 0.364. The summed E-state index contributed by atoms with van der Waals surface area (Å²) in [6.07, 6.45) is 3.15. The van der Waals surface area contributed by atoms with Gasteiger partial charge < -0.3 is 21.1 Å². The van der Waals surface area contributed by atoms with Crippen LogP contribution in [0.4, 0.5) is 22.5 Å². The van der Waals surface area contributed by atoms with Crippen molar-refractivity contribution in [1.82, 2.24) is 15.0 Å². The fourth-order valence-electron chi connectivity index (χ4n) is 1.66. The molecule has 0 spiro atoms. The minimum atomic E-state index is 0.0481. The topological polar surface area (TPSA) is 100 Å². The summed E-state index contributed by atoms with van der Waals surface area (Å²) in [4.78, 5) is 14.3. The first-order valence-electron chi connectivity index (χ1n) is 5.89. The number of nitrogens with zero attached hydrogens (tertiary/aromatic N) is 4. The Hall–Kier alpha value is -1.93. The number of aromatic nitrogens is 3. The molecule has 8 heteroatoms. The number of hydrogen-bond acceptors (Lipinski definition) is 8. The van der Waals surface area contributed by atoms with E-state index in [1.807, 2.05) is 17.2 Å². The fourth-order valence-corrected chi connectivity index (χ4v) is 2.19. The lowest BCUT2D eigenvalue weighted by molar-refractivity contribution is 0.302. The van der Waals surface area contributed by atoms with Gasteiger partial charge in [0, 0.05) is 24.7 Å². The second kappa shape index (κ2) is 6.30. The van der Waals surface area contributed by atoms with E-state index in [-0.39, 0.29) is 6.61 Å². The highest BCUT2D eigenvalue weighted by molar-refractivity contribution is 7.13. The molecule has 4 N–H and O–H groups in total. The summed E-state index contributed by atoms with van der Waals surface area (Å²) in [5.41, 5.74) is 6.52. The maximum Gasteiger partial charge on any atom is 0.188 e. The second-order valence-electron chi connectivity index (χ2n) is 3.73. The average molecular weight is 280 g/mol. The van der Waals surface area contributed by atoms with Crippen molar-refractivity contribution in [3.63, 3.8) is 0 Å². The zero-order chi connectivity index (χ0) is 13.7. The Morgan fingerprint density at radius 1 is 1.42 bits per heavy atom. The minimum absolute atomic E-state index is 0.0481. The number of likely N-dealkylation sites (N-methyl/N-ethyl adjacent to an activating group) is 1.